The molecule has 6 heteroatoms. The van der Waals surface area contributed by atoms with Crippen molar-refractivity contribution in [1.82, 2.24) is 0 Å². The quantitative estimate of drug-likeness (QED) is 0.215. The zero-order valence-electron chi connectivity index (χ0n) is 17.2. The predicted molar refractivity (Wildman–Crippen MR) is 111 cm³/mol. The number of aliphatic hydroxyl groups is 1. The van der Waals surface area contributed by atoms with Crippen LogP contribution in [0, 0.1) is 0 Å². The highest BCUT2D eigenvalue weighted by Gasteiger charge is 2.29. The highest BCUT2D eigenvalue weighted by Crippen LogP contribution is 2.18. The monoisotopic (exact) mass is 414 g/mol. The van der Waals surface area contributed by atoms with E-state index in [0.717, 1.165) is 12.2 Å². The van der Waals surface area contributed by atoms with Crippen LogP contribution in [0.1, 0.15) is 96.8 Å². The third-order valence-electron chi connectivity index (χ3n) is 4.63. The van der Waals surface area contributed by atoms with Crippen molar-refractivity contribution in [2.24, 2.45) is 0 Å². The van der Waals surface area contributed by atoms with Crippen molar-refractivity contribution in [3.63, 3.8) is 0 Å². The van der Waals surface area contributed by atoms with Gasteiger partial charge in [0.1, 0.15) is 6.61 Å². The molecular formula is C21H41F3O2S. The van der Waals surface area contributed by atoms with E-state index in [0.29, 0.717) is 5.75 Å². The minimum Gasteiger partial charge on any atom is -0.394 e. The number of alkyl halides is 3. The molecule has 0 heterocycles. The molecular weight excluding hydrogens is 373 g/mol. The molecule has 0 aromatic rings. The van der Waals surface area contributed by atoms with Gasteiger partial charge >= 0.3 is 6.18 Å². The summed E-state index contributed by atoms with van der Waals surface area (Å²) in [7, 11) is 0. The summed E-state index contributed by atoms with van der Waals surface area (Å²) >= 11 is 1.57. The molecule has 0 amide bonds. The first-order chi connectivity index (χ1) is 13.0. The highest BCUT2D eigenvalue weighted by molar-refractivity contribution is 7.99. The number of hydrogen-bond acceptors (Lipinski definition) is 3. The van der Waals surface area contributed by atoms with Crippen molar-refractivity contribution < 1.29 is 23.0 Å². The smallest absolute Gasteiger partial charge is 0.394 e. The van der Waals surface area contributed by atoms with E-state index < -0.39 is 18.9 Å². The summed E-state index contributed by atoms with van der Waals surface area (Å²) in [6.07, 6.45) is 13.4. The summed E-state index contributed by atoms with van der Waals surface area (Å²) in [4.78, 5) is 0. The third-order valence-corrected chi connectivity index (χ3v) is 5.82. The van der Waals surface area contributed by atoms with Crippen molar-refractivity contribution in [2.75, 3.05) is 24.7 Å². The summed E-state index contributed by atoms with van der Waals surface area (Å²) < 4.78 is 40.9. The number of aliphatic hydroxyl groups excluding tert-OH is 1. The maximum atomic E-state index is 12.1. The van der Waals surface area contributed by atoms with Gasteiger partial charge in [0, 0.05) is 5.75 Å². The Bertz CT molecular complexity index is 302. The second-order valence-electron chi connectivity index (χ2n) is 7.40. The van der Waals surface area contributed by atoms with Crippen LogP contribution in [0.4, 0.5) is 13.2 Å². The zero-order chi connectivity index (χ0) is 20.2. The van der Waals surface area contributed by atoms with E-state index in [1.807, 2.05) is 0 Å². The third kappa shape index (κ3) is 22.2. The van der Waals surface area contributed by atoms with Crippen LogP contribution in [-0.4, -0.2) is 42.1 Å². The van der Waals surface area contributed by atoms with Crippen LogP contribution in [0.5, 0.6) is 0 Å². The number of halogens is 3. The van der Waals surface area contributed by atoms with Gasteiger partial charge in [-0.1, -0.05) is 90.4 Å². The Labute approximate surface area is 169 Å². The van der Waals surface area contributed by atoms with Gasteiger partial charge < -0.3 is 9.84 Å². The largest absolute Gasteiger partial charge is 0.411 e. The summed E-state index contributed by atoms with van der Waals surface area (Å²) in [6, 6.07) is 0. The molecule has 0 saturated carbocycles. The van der Waals surface area contributed by atoms with Crippen LogP contribution in [0.3, 0.4) is 0 Å². The molecule has 2 nitrogen and oxygen atoms in total. The van der Waals surface area contributed by atoms with E-state index in [9.17, 15) is 13.2 Å². The second kappa shape index (κ2) is 19.4. The fourth-order valence-electron chi connectivity index (χ4n) is 2.98. The maximum absolute atomic E-state index is 12.1. The molecule has 0 saturated heterocycles. The molecule has 0 rings (SSSR count). The van der Waals surface area contributed by atoms with Crippen molar-refractivity contribution in [3.05, 3.63) is 0 Å². The topological polar surface area (TPSA) is 29.5 Å². The minimum atomic E-state index is -4.33. The molecule has 0 radical (unpaired) electrons. The first-order valence-corrected chi connectivity index (χ1v) is 12.0. The lowest BCUT2D eigenvalue weighted by Crippen LogP contribution is -2.27. The summed E-state index contributed by atoms with van der Waals surface area (Å²) in [6.45, 7) is 0.614. The predicted octanol–water partition coefficient (Wildman–Crippen LogP) is 7.14. The van der Waals surface area contributed by atoms with E-state index in [-0.39, 0.29) is 6.61 Å². The van der Waals surface area contributed by atoms with E-state index >= 15 is 0 Å². The standard InChI is InChI=1S/C21H41F3O2S/c1-2-3-4-5-6-7-8-9-10-11-12-13-14-15-16-27-18-20(17-25)26-19-21(22,23)24/h20,25H,2-19H2,1H3. The summed E-state index contributed by atoms with van der Waals surface area (Å²) in [5.74, 6) is 1.34. The van der Waals surface area contributed by atoms with E-state index in [4.69, 9.17) is 5.11 Å². The Morgan fingerprint density at radius 3 is 1.63 bits per heavy atom. The van der Waals surface area contributed by atoms with E-state index in [1.165, 1.54) is 83.5 Å². The molecule has 0 aromatic heterocycles. The Kier molecular flexibility index (Phi) is 19.4. The van der Waals surface area contributed by atoms with Gasteiger partial charge in [-0.05, 0) is 12.2 Å². The molecule has 27 heavy (non-hydrogen) atoms. The number of thioether (sulfide) groups is 1. The van der Waals surface area contributed by atoms with Crippen molar-refractivity contribution in [2.45, 2.75) is 109 Å². The summed E-state index contributed by atoms with van der Waals surface area (Å²) in [5.41, 5.74) is 0. The van der Waals surface area contributed by atoms with Crippen LogP contribution in [-0.2, 0) is 4.74 Å². The molecule has 1 atom stereocenters. The SMILES string of the molecule is CCCCCCCCCCCCCCCCSCC(CO)OCC(F)(F)F. The number of hydrogen-bond donors (Lipinski definition) is 1. The van der Waals surface area contributed by atoms with Crippen molar-refractivity contribution in [3.8, 4) is 0 Å². The highest BCUT2D eigenvalue weighted by atomic mass is 32.2. The second-order valence-corrected chi connectivity index (χ2v) is 8.55. The van der Waals surface area contributed by atoms with Gasteiger partial charge in [0.2, 0.25) is 0 Å². The molecule has 0 spiro atoms. The van der Waals surface area contributed by atoms with Crippen LogP contribution in [0.2, 0.25) is 0 Å². The molecule has 0 aliphatic rings. The molecule has 1 N–H and O–H groups in total. The Balaban J connectivity index is 3.24. The lowest BCUT2D eigenvalue weighted by Gasteiger charge is -2.16. The molecule has 1 unspecified atom stereocenters. The number of rotatable bonds is 20. The summed E-state index contributed by atoms with van der Waals surface area (Å²) in [5, 5.41) is 9.04. The average molecular weight is 415 g/mol. The van der Waals surface area contributed by atoms with Crippen LogP contribution >= 0.6 is 11.8 Å². The molecule has 0 aliphatic heterocycles. The van der Waals surface area contributed by atoms with Gasteiger partial charge in [-0.25, -0.2) is 0 Å². The Hall–Kier alpha value is 0.0600. The lowest BCUT2D eigenvalue weighted by atomic mass is 10.0. The molecule has 0 aliphatic carbocycles. The molecule has 0 fully saturated rings. The Morgan fingerprint density at radius 1 is 0.778 bits per heavy atom. The Morgan fingerprint density at radius 2 is 1.22 bits per heavy atom. The van der Waals surface area contributed by atoms with Crippen LogP contribution < -0.4 is 0 Å². The fraction of sp³-hybridized carbons (Fsp3) is 1.00. The molecule has 164 valence electrons. The van der Waals surface area contributed by atoms with Gasteiger partial charge in [0.15, 0.2) is 0 Å². The first-order valence-electron chi connectivity index (χ1n) is 10.9. The van der Waals surface area contributed by atoms with Gasteiger partial charge in [-0.2, -0.15) is 24.9 Å². The average Bonchev–Trinajstić information content (AvgIpc) is 2.63. The normalized spacial score (nSPS) is 13.2. The fourth-order valence-corrected chi connectivity index (χ4v) is 4.02. The van der Waals surface area contributed by atoms with Gasteiger partial charge in [-0.3, -0.25) is 0 Å². The van der Waals surface area contributed by atoms with E-state index in [1.54, 1.807) is 11.8 Å². The zero-order valence-corrected chi connectivity index (χ0v) is 18.0. The minimum absolute atomic E-state index is 0.359. The first kappa shape index (κ1) is 27.1. The van der Waals surface area contributed by atoms with Gasteiger partial charge in [-0.15, -0.1) is 0 Å². The number of unbranched alkanes of at least 4 members (excludes halogenated alkanes) is 13. The van der Waals surface area contributed by atoms with Gasteiger partial charge in [0.25, 0.3) is 0 Å². The van der Waals surface area contributed by atoms with Crippen LogP contribution in [0.15, 0.2) is 0 Å². The van der Waals surface area contributed by atoms with E-state index in [2.05, 4.69) is 11.7 Å². The van der Waals surface area contributed by atoms with Gasteiger partial charge in [0.05, 0.1) is 12.7 Å². The van der Waals surface area contributed by atoms with Crippen molar-refractivity contribution >= 4 is 11.8 Å². The maximum Gasteiger partial charge on any atom is 0.411 e. The van der Waals surface area contributed by atoms with Crippen molar-refractivity contribution in [1.29, 1.82) is 0 Å². The van der Waals surface area contributed by atoms with Crippen LogP contribution in [0.25, 0.3) is 0 Å². The number of ether oxygens (including phenoxy) is 1. The lowest BCUT2D eigenvalue weighted by molar-refractivity contribution is -0.185. The molecule has 0 bridgehead atoms. The molecule has 0 aromatic carbocycles.